The summed E-state index contributed by atoms with van der Waals surface area (Å²) in [5.74, 6) is -0.847. The molecule has 0 radical (unpaired) electrons. The molecule has 80 valence electrons. The fraction of sp³-hybridized carbons (Fsp3) is 0.750. The van der Waals surface area contributed by atoms with Crippen LogP contribution < -0.4 is 0 Å². The largest absolute Gasteiger partial charge is 0.460 e. The van der Waals surface area contributed by atoms with Crippen molar-refractivity contribution >= 4 is 11.9 Å². The van der Waals surface area contributed by atoms with Gasteiger partial charge in [-0.3, -0.25) is 9.59 Å². The van der Waals surface area contributed by atoms with Gasteiger partial charge < -0.3 is 18.9 Å². The van der Waals surface area contributed by atoms with E-state index in [-0.39, 0.29) is 13.2 Å². The van der Waals surface area contributed by atoms with E-state index in [4.69, 9.17) is 14.2 Å². The van der Waals surface area contributed by atoms with Crippen molar-refractivity contribution in [2.24, 2.45) is 0 Å². The molecule has 0 aromatic carbocycles. The van der Waals surface area contributed by atoms with Crippen molar-refractivity contribution in [3.05, 3.63) is 0 Å². The van der Waals surface area contributed by atoms with Crippen molar-refractivity contribution in [2.75, 3.05) is 13.2 Å². The van der Waals surface area contributed by atoms with Gasteiger partial charge in [0.05, 0.1) is 0 Å². The van der Waals surface area contributed by atoms with Crippen molar-refractivity contribution in [3.63, 3.8) is 0 Å². The first-order valence-electron chi connectivity index (χ1n) is 4.15. The fourth-order valence-corrected chi connectivity index (χ4v) is 0.953. The maximum Gasteiger partial charge on any atom is 0.305 e. The first kappa shape index (κ1) is 10.9. The van der Waals surface area contributed by atoms with Crippen molar-refractivity contribution in [2.45, 2.75) is 26.4 Å². The second-order valence-electron chi connectivity index (χ2n) is 2.74. The Morgan fingerprint density at radius 2 is 2.07 bits per heavy atom. The number of ether oxygens (including phenoxy) is 4. The summed E-state index contributed by atoms with van der Waals surface area (Å²) in [7, 11) is 0. The molecule has 1 heterocycles. The monoisotopic (exact) mass is 204 g/mol. The molecule has 0 aliphatic carbocycles. The van der Waals surface area contributed by atoms with E-state index in [1.54, 1.807) is 0 Å². The van der Waals surface area contributed by atoms with E-state index in [0.29, 0.717) is 0 Å². The number of carbonyl (C=O) groups excluding carboxylic acids is 2. The minimum Gasteiger partial charge on any atom is -0.460 e. The topological polar surface area (TPSA) is 71.1 Å². The molecule has 0 spiro atoms. The highest BCUT2D eigenvalue weighted by Crippen LogP contribution is 2.12. The standard InChI is InChI=1S/C8H12O6/c1-5(9)11-3-7-12-4-8(14-7)13-6(2)10/h7-8H,3-4H2,1-2H3/t7-,8-/m0/s1. The Balaban J connectivity index is 2.20. The summed E-state index contributed by atoms with van der Waals surface area (Å²) in [6.07, 6.45) is -1.35. The van der Waals surface area contributed by atoms with Gasteiger partial charge >= 0.3 is 11.9 Å². The van der Waals surface area contributed by atoms with Crippen LogP contribution in [0.15, 0.2) is 0 Å². The third-order valence-corrected chi connectivity index (χ3v) is 1.44. The maximum atomic E-state index is 10.5. The van der Waals surface area contributed by atoms with Gasteiger partial charge in [0, 0.05) is 13.8 Å². The predicted molar refractivity (Wildman–Crippen MR) is 43.0 cm³/mol. The number of rotatable bonds is 3. The minimum absolute atomic E-state index is 0.00704. The second kappa shape index (κ2) is 4.92. The molecule has 0 bridgehead atoms. The van der Waals surface area contributed by atoms with Crippen LogP contribution in [0, 0.1) is 0 Å². The van der Waals surface area contributed by atoms with E-state index in [0.717, 1.165) is 0 Å². The van der Waals surface area contributed by atoms with Gasteiger partial charge in [-0.1, -0.05) is 0 Å². The number of hydrogen-bond acceptors (Lipinski definition) is 6. The van der Waals surface area contributed by atoms with Crippen LogP contribution in [0.5, 0.6) is 0 Å². The Morgan fingerprint density at radius 1 is 1.36 bits per heavy atom. The van der Waals surface area contributed by atoms with Gasteiger partial charge in [-0.05, 0) is 0 Å². The van der Waals surface area contributed by atoms with E-state index in [9.17, 15) is 9.59 Å². The van der Waals surface area contributed by atoms with E-state index in [1.807, 2.05) is 0 Å². The normalized spacial score (nSPS) is 25.9. The second-order valence-corrected chi connectivity index (χ2v) is 2.74. The summed E-state index contributed by atoms with van der Waals surface area (Å²) in [5, 5.41) is 0. The first-order valence-corrected chi connectivity index (χ1v) is 4.15. The quantitative estimate of drug-likeness (QED) is 0.593. The summed E-state index contributed by atoms with van der Waals surface area (Å²) < 4.78 is 19.5. The third kappa shape index (κ3) is 3.71. The molecule has 0 aromatic heterocycles. The highest BCUT2D eigenvalue weighted by molar-refractivity contribution is 5.66. The Hall–Kier alpha value is -1.14. The van der Waals surface area contributed by atoms with Crippen LogP contribution in [-0.4, -0.2) is 37.7 Å². The van der Waals surface area contributed by atoms with Gasteiger partial charge in [0.1, 0.15) is 13.2 Å². The van der Waals surface area contributed by atoms with Crippen LogP contribution in [0.2, 0.25) is 0 Å². The number of carbonyl (C=O) groups is 2. The fourth-order valence-electron chi connectivity index (χ4n) is 0.953. The van der Waals surface area contributed by atoms with Crippen LogP contribution >= 0.6 is 0 Å². The SMILES string of the molecule is CC(=O)OC[C@H]1OC[C@@H](OC(C)=O)O1. The summed E-state index contributed by atoms with van der Waals surface area (Å²) in [6.45, 7) is 2.74. The lowest BCUT2D eigenvalue weighted by Crippen LogP contribution is -2.22. The molecule has 0 unspecified atom stereocenters. The highest BCUT2D eigenvalue weighted by Gasteiger charge is 2.28. The van der Waals surface area contributed by atoms with Gasteiger partial charge in [0.25, 0.3) is 0 Å². The Kier molecular flexibility index (Phi) is 3.84. The van der Waals surface area contributed by atoms with Crippen molar-refractivity contribution < 1.29 is 28.5 Å². The molecular weight excluding hydrogens is 192 g/mol. The summed E-state index contributed by atoms with van der Waals surface area (Å²) in [4.78, 5) is 21.0. The van der Waals surface area contributed by atoms with Crippen LogP contribution in [0.25, 0.3) is 0 Å². The lowest BCUT2D eigenvalue weighted by molar-refractivity contribution is -0.183. The van der Waals surface area contributed by atoms with Crippen molar-refractivity contribution in [3.8, 4) is 0 Å². The van der Waals surface area contributed by atoms with Crippen LogP contribution in [0.1, 0.15) is 13.8 Å². The van der Waals surface area contributed by atoms with Crippen molar-refractivity contribution in [1.29, 1.82) is 0 Å². The summed E-state index contributed by atoms with van der Waals surface area (Å²) in [6, 6.07) is 0. The molecule has 14 heavy (non-hydrogen) atoms. The van der Waals surface area contributed by atoms with E-state index in [1.165, 1.54) is 13.8 Å². The van der Waals surface area contributed by atoms with Crippen molar-refractivity contribution in [1.82, 2.24) is 0 Å². The lowest BCUT2D eigenvalue weighted by atomic mass is 10.7. The smallest absolute Gasteiger partial charge is 0.305 e. The lowest BCUT2D eigenvalue weighted by Gasteiger charge is -2.10. The third-order valence-electron chi connectivity index (χ3n) is 1.44. The Morgan fingerprint density at radius 3 is 2.64 bits per heavy atom. The zero-order valence-electron chi connectivity index (χ0n) is 8.02. The molecule has 1 aliphatic rings. The van der Waals surface area contributed by atoms with E-state index < -0.39 is 24.5 Å². The first-order chi connectivity index (χ1) is 6.58. The molecule has 0 amide bonds. The predicted octanol–water partition coefficient (Wildman–Crippen LogP) is -0.188. The van der Waals surface area contributed by atoms with Gasteiger partial charge in [0.15, 0.2) is 6.29 Å². The molecule has 6 nitrogen and oxygen atoms in total. The molecule has 0 aromatic rings. The zero-order valence-corrected chi connectivity index (χ0v) is 8.02. The summed E-state index contributed by atoms with van der Waals surface area (Å²) >= 11 is 0. The molecule has 6 heteroatoms. The Bertz CT molecular complexity index is 226. The molecular formula is C8H12O6. The number of hydrogen-bond donors (Lipinski definition) is 0. The van der Waals surface area contributed by atoms with Gasteiger partial charge in [-0.2, -0.15) is 0 Å². The molecule has 2 atom stereocenters. The average molecular weight is 204 g/mol. The van der Waals surface area contributed by atoms with Gasteiger partial charge in [-0.25, -0.2) is 0 Å². The average Bonchev–Trinajstić information content (AvgIpc) is 2.47. The van der Waals surface area contributed by atoms with Crippen LogP contribution in [0.3, 0.4) is 0 Å². The molecule has 1 rings (SSSR count). The van der Waals surface area contributed by atoms with E-state index >= 15 is 0 Å². The molecule has 1 fully saturated rings. The number of esters is 2. The zero-order chi connectivity index (χ0) is 10.6. The maximum absolute atomic E-state index is 10.5. The highest BCUT2D eigenvalue weighted by atomic mass is 16.8. The van der Waals surface area contributed by atoms with Crippen LogP contribution in [0.4, 0.5) is 0 Å². The van der Waals surface area contributed by atoms with Crippen LogP contribution in [-0.2, 0) is 28.5 Å². The molecule has 1 saturated heterocycles. The van der Waals surface area contributed by atoms with Gasteiger partial charge in [-0.15, -0.1) is 0 Å². The van der Waals surface area contributed by atoms with Gasteiger partial charge in [0.2, 0.25) is 6.29 Å². The molecule has 0 N–H and O–H groups in total. The molecule has 0 saturated carbocycles. The summed E-state index contributed by atoms with van der Waals surface area (Å²) in [5.41, 5.74) is 0. The Labute approximate surface area is 81.1 Å². The molecule has 1 aliphatic heterocycles. The van der Waals surface area contributed by atoms with E-state index in [2.05, 4.69) is 4.74 Å². The minimum atomic E-state index is -0.701.